The summed E-state index contributed by atoms with van der Waals surface area (Å²) < 4.78 is 16.4. The van der Waals surface area contributed by atoms with Crippen LogP contribution in [0.25, 0.3) is 0 Å². The molecule has 0 radical (unpaired) electrons. The van der Waals surface area contributed by atoms with Crippen molar-refractivity contribution in [2.24, 2.45) is 0 Å². The van der Waals surface area contributed by atoms with Crippen LogP contribution in [-0.2, 0) is 21.4 Å². The fourth-order valence-corrected chi connectivity index (χ4v) is 5.41. The second-order valence-corrected chi connectivity index (χ2v) is 7.29. The Morgan fingerprint density at radius 3 is 2.92 bits per heavy atom. The van der Waals surface area contributed by atoms with Crippen molar-refractivity contribution in [2.75, 3.05) is 20.8 Å². The van der Waals surface area contributed by atoms with Crippen molar-refractivity contribution < 1.29 is 28.9 Å². The molecule has 4 aliphatic rings. The molecule has 1 saturated heterocycles. The minimum atomic E-state index is -1.40. The van der Waals surface area contributed by atoms with Gasteiger partial charge >= 0.3 is 6.09 Å². The molecule has 1 amide bonds. The van der Waals surface area contributed by atoms with E-state index in [4.69, 9.17) is 14.2 Å². The molecule has 7 heteroatoms. The number of rotatable bonds is 1. The van der Waals surface area contributed by atoms with Crippen LogP contribution in [0.15, 0.2) is 24.3 Å². The second kappa shape index (κ2) is 4.79. The Kier molecular flexibility index (Phi) is 2.89. The topological polar surface area (TPSA) is 85.3 Å². The quantitative estimate of drug-likeness (QED) is 0.806. The van der Waals surface area contributed by atoms with E-state index in [1.807, 2.05) is 12.1 Å². The highest BCUT2D eigenvalue weighted by Crippen LogP contribution is 2.63. The maximum atomic E-state index is 12.7. The van der Waals surface area contributed by atoms with Gasteiger partial charge in [0.2, 0.25) is 0 Å². The summed E-state index contributed by atoms with van der Waals surface area (Å²) in [6, 6.07) is 3.22. The molecule has 7 nitrogen and oxygen atoms in total. The van der Waals surface area contributed by atoms with Crippen molar-refractivity contribution in [3.63, 3.8) is 0 Å². The van der Waals surface area contributed by atoms with Gasteiger partial charge in [0.15, 0.2) is 23.4 Å². The zero-order chi connectivity index (χ0) is 18.3. The van der Waals surface area contributed by atoms with Crippen LogP contribution in [0.3, 0.4) is 0 Å². The number of carbonyl (C=O) groups excluding carboxylic acids is 2. The van der Waals surface area contributed by atoms with Crippen LogP contribution in [0.1, 0.15) is 17.5 Å². The van der Waals surface area contributed by atoms with Crippen LogP contribution in [-0.4, -0.2) is 60.4 Å². The molecule has 2 aliphatic heterocycles. The summed E-state index contributed by atoms with van der Waals surface area (Å²) in [7, 11) is 2.89. The Morgan fingerprint density at radius 1 is 1.38 bits per heavy atom. The highest BCUT2D eigenvalue weighted by molar-refractivity contribution is 5.99. The summed E-state index contributed by atoms with van der Waals surface area (Å²) in [5, 5.41) is 11.8. The minimum absolute atomic E-state index is 0.175. The van der Waals surface area contributed by atoms with Crippen molar-refractivity contribution in [1.29, 1.82) is 0 Å². The first-order valence-electron chi connectivity index (χ1n) is 8.65. The van der Waals surface area contributed by atoms with E-state index < -0.39 is 29.3 Å². The van der Waals surface area contributed by atoms with Gasteiger partial charge in [0.1, 0.15) is 5.60 Å². The lowest BCUT2D eigenvalue weighted by molar-refractivity contribution is -0.150. The average molecular weight is 357 g/mol. The number of methoxy groups -OCH3 is 2. The predicted molar refractivity (Wildman–Crippen MR) is 89.4 cm³/mol. The predicted octanol–water partition coefficient (Wildman–Crippen LogP) is 0.961. The number of hydrogen-bond acceptors (Lipinski definition) is 6. The van der Waals surface area contributed by atoms with Crippen LogP contribution in [0.4, 0.5) is 4.79 Å². The third-order valence-electron chi connectivity index (χ3n) is 6.49. The van der Waals surface area contributed by atoms with Crippen molar-refractivity contribution in [3.05, 3.63) is 35.4 Å². The van der Waals surface area contributed by atoms with Gasteiger partial charge in [-0.25, -0.2) is 4.79 Å². The molecule has 2 aliphatic carbocycles. The normalized spacial score (nSPS) is 35.7. The third-order valence-corrected chi connectivity index (χ3v) is 6.49. The number of ketones is 1. The van der Waals surface area contributed by atoms with E-state index >= 15 is 0 Å². The Balaban J connectivity index is 1.81. The van der Waals surface area contributed by atoms with E-state index in [1.165, 1.54) is 13.2 Å². The number of piperidine rings is 1. The summed E-state index contributed by atoms with van der Waals surface area (Å²) in [6.07, 6.45) is 2.49. The molecule has 2 heterocycles. The summed E-state index contributed by atoms with van der Waals surface area (Å²) in [5.41, 5.74) is -0.494. The largest absolute Gasteiger partial charge is 0.493 e. The Bertz CT molecular complexity index is 879. The van der Waals surface area contributed by atoms with E-state index in [1.54, 1.807) is 18.1 Å². The van der Waals surface area contributed by atoms with Crippen LogP contribution < -0.4 is 9.47 Å². The molecular formula is C19H19NO6. The van der Waals surface area contributed by atoms with Gasteiger partial charge in [-0.3, -0.25) is 4.79 Å². The Labute approximate surface area is 150 Å². The van der Waals surface area contributed by atoms with Crippen LogP contribution in [0.2, 0.25) is 0 Å². The average Bonchev–Trinajstić information content (AvgIpc) is 2.99. The number of aliphatic hydroxyl groups is 1. The number of carbonyl (C=O) groups is 2. The molecule has 4 atom stereocenters. The zero-order valence-electron chi connectivity index (χ0n) is 14.5. The smallest absolute Gasteiger partial charge is 0.409 e. The Morgan fingerprint density at radius 2 is 2.19 bits per heavy atom. The number of likely N-dealkylation sites (tertiary alicyclic amines) is 1. The molecule has 0 saturated carbocycles. The summed E-state index contributed by atoms with van der Waals surface area (Å²) in [5.74, 6) is 0.915. The van der Waals surface area contributed by atoms with Gasteiger partial charge in [-0.2, -0.15) is 0 Å². The molecule has 5 rings (SSSR count). The number of hydrogen-bond donors (Lipinski definition) is 1. The highest BCUT2D eigenvalue weighted by Gasteiger charge is 2.72. The highest BCUT2D eigenvalue weighted by atomic mass is 16.5. The number of benzene rings is 1. The second-order valence-electron chi connectivity index (χ2n) is 7.29. The van der Waals surface area contributed by atoms with Crippen molar-refractivity contribution in [2.45, 2.75) is 36.0 Å². The van der Waals surface area contributed by atoms with Gasteiger partial charge in [-0.05, 0) is 36.6 Å². The van der Waals surface area contributed by atoms with E-state index in [0.717, 1.165) is 11.1 Å². The number of nitrogens with zero attached hydrogens (tertiary/aromatic N) is 1. The molecule has 136 valence electrons. The molecule has 1 fully saturated rings. The SMILES string of the molecule is COC(=O)N1CC[C@]23c4c5ccc(OC)c4O[C@H]2C(=O)C=C[C@@]3(O)[C@H]1C5. The molecule has 2 bridgehead atoms. The number of ether oxygens (including phenoxy) is 3. The van der Waals surface area contributed by atoms with Gasteiger partial charge < -0.3 is 24.2 Å². The first kappa shape index (κ1) is 15.7. The molecule has 0 unspecified atom stereocenters. The van der Waals surface area contributed by atoms with E-state index in [-0.39, 0.29) is 5.78 Å². The monoisotopic (exact) mass is 357 g/mol. The van der Waals surface area contributed by atoms with Crippen molar-refractivity contribution in [1.82, 2.24) is 4.90 Å². The first-order valence-corrected chi connectivity index (χ1v) is 8.65. The molecule has 0 aromatic heterocycles. The zero-order valence-corrected chi connectivity index (χ0v) is 14.5. The van der Waals surface area contributed by atoms with Gasteiger partial charge in [-0.15, -0.1) is 0 Å². The van der Waals surface area contributed by atoms with Gasteiger partial charge in [0.05, 0.1) is 25.7 Å². The first-order chi connectivity index (χ1) is 12.5. The molecule has 26 heavy (non-hydrogen) atoms. The fraction of sp³-hybridized carbons (Fsp3) is 0.474. The van der Waals surface area contributed by atoms with E-state index in [2.05, 4.69) is 0 Å². The van der Waals surface area contributed by atoms with Crippen LogP contribution in [0, 0.1) is 0 Å². The molecule has 1 aromatic carbocycles. The van der Waals surface area contributed by atoms with E-state index in [0.29, 0.717) is 30.9 Å². The maximum Gasteiger partial charge on any atom is 0.409 e. The molecule has 1 aromatic rings. The molecular weight excluding hydrogens is 338 g/mol. The molecule has 1 spiro atoms. The standard InChI is InChI=1S/C19H19NO6/c1-24-12-4-3-10-9-13-19(23)6-5-11(21)16-18(19,14(10)15(12)26-16)7-8-20(13)17(22)25-2/h3-6,13,16,23H,7-9H2,1-2H3/t13-,16+,18+,19-/m1/s1. The van der Waals surface area contributed by atoms with Gasteiger partial charge in [0, 0.05) is 12.1 Å². The van der Waals surface area contributed by atoms with Crippen LogP contribution >= 0.6 is 0 Å². The molecule has 1 N–H and O–H groups in total. The van der Waals surface area contributed by atoms with Crippen molar-refractivity contribution >= 4 is 11.9 Å². The number of amides is 1. The summed E-state index contributed by atoms with van der Waals surface area (Å²) in [6.45, 7) is 0.386. The maximum absolute atomic E-state index is 12.7. The lowest BCUT2D eigenvalue weighted by Crippen LogP contribution is -2.75. The van der Waals surface area contributed by atoms with Gasteiger partial charge in [0.25, 0.3) is 0 Å². The summed E-state index contributed by atoms with van der Waals surface area (Å²) >= 11 is 0. The lowest BCUT2D eigenvalue weighted by atomic mass is 9.51. The van der Waals surface area contributed by atoms with E-state index in [9.17, 15) is 14.7 Å². The lowest BCUT2D eigenvalue weighted by Gasteiger charge is -2.60. The van der Waals surface area contributed by atoms with Crippen molar-refractivity contribution in [3.8, 4) is 11.5 Å². The third kappa shape index (κ3) is 1.50. The summed E-state index contributed by atoms with van der Waals surface area (Å²) in [4.78, 5) is 26.5. The fourth-order valence-electron chi connectivity index (χ4n) is 5.41. The Hall–Kier alpha value is -2.54. The minimum Gasteiger partial charge on any atom is -0.493 e. The van der Waals surface area contributed by atoms with Gasteiger partial charge in [-0.1, -0.05) is 6.07 Å². The van der Waals surface area contributed by atoms with Crippen LogP contribution in [0.5, 0.6) is 11.5 Å².